The highest BCUT2D eigenvalue weighted by atomic mass is 16.5. The van der Waals surface area contributed by atoms with E-state index in [2.05, 4.69) is 54.1 Å². The third-order valence-electron chi connectivity index (χ3n) is 3.65. The molecule has 0 unspecified atom stereocenters. The average molecular weight is 252 g/mol. The van der Waals surface area contributed by atoms with Gasteiger partial charge in [-0.2, -0.15) is 4.58 Å². The monoisotopic (exact) mass is 252 g/mol. The molecule has 2 aromatic rings. The van der Waals surface area contributed by atoms with Crippen molar-refractivity contribution in [1.82, 2.24) is 0 Å². The van der Waals surface area contributed by atoms with E-state index >= 15 is 0 Å². The zero-order valence-electron chi connectivity index (χ0n) is 11.4. The second-order valence-corrected chi connectivity index (χ2v) is 4.94. The molecule has 0 amide bonds. The Morgan fingerprint density at radius 3 is 2.58 bits per heavy atom. The number of benzene rings is 2. The van der Waals surface area contributed by atoms with Crippen LogP contribution < -0.4 is 4.74 Å². The molecular formula is C17H18NO+. The molecule has 0 radical (unpaired) electrons. The predicted molar refractivity (Wildman–Crippen MR) is 77.8 cm³/mol. The molecule has 1 aliphatic rings. The first-order valence-corrected chi connectivity index (χ1v) is 6.62. The highest BCUT2D eigenvalue weighted by molar-refractivity contribution is 5.83. The van der Waals surface area contributed by atoms with Crippen molar-refractivity contribution in [1.29, 1.82) is 0 Å². The Morgan fingerprint density at radius 1 is 1.05 bits per heavy atom. The fraction of sp³-hybridized carbons (Fsp3) is 0.235. The quantitative estimate of drug-likeness (QED) is 0.747. The van der Waals surface area contributed by atoms with Crippen LogP contribution in [0.15, 0.2) is 42.5 Å². The van der Waals surface area contributed by atoms with Crippen molar-refractivity contribution in [2.24, 2.45) is 0 Å². The minimum absolute atomic E-state index is 0.953. The van der Waals surface area contributed by atoms with Gasteiger partial charge in [0.15, 0.2) is 12.8 Å². The van der Waals surface area contributed by atoms with Crippen LogP contribution in [0.4, 0.5) is 5.69 Å². The fourth-order valence-corrected chi connectivity index (χ4v) is 2.53. The number of hydrogen-bond acceptors (Lipinski definition) is 1. The number of aryl methyl sites for hydroxylation is 1. The normalized spacial score (nSPS) is 13.7. The van der Waals surface area contributed by atoms with E-state index in [0.29, 0.717) is 0 Å². The van der Waals surface area contributed by atoms with E-state index in [1.807, 2.05) is 6.07 Å². The highest BCUT2D eigenvalue weighted by Crippen LogP contribution is 2.25. The summed E-state index contributed by atoms with van der Waals surface area (Å²) in [6, 6.07) is 14.9. The summed E-state index contributed by atoms with van der Waals surface area (Å²) < 4.78 is 7.75. The van der Waals surface area contributed by atoms with Crippen LogP contribution in [-0.2, 0) is 6.42 Å². The standard InChI is InChI=1S/C17H18NO/c1-13-6-8-15(9-7-13)18-11-10-14-4-3-5-17(19-2)16(14)12-18/h3-9,12H,10-11H2,1-2H3/q+1. The third-order valence-corrected chi connectivity index (χ3v) is 3.65. The Labute approximate surface area is 114 Å². The molecular weight excluding hydrogens is 234 g/mol. The van der Waals surface area contributed by atoms with Crippen molar-refractivity contribution in [2.75, 3.05) is 13.7 Å². The van der Waals surface area contributed by atoms with Gasteiger partial charge in [0.25, 0.3) is 0 Å². The van der Waals surface area contributed by atoms with Gasteiger partial charge in [0.05, 0.1) is 12.7 Å². The Hall–Kier alpha value is -2.09. The molecule has 0 bridgehead atoms. The van der Waals surface area contributed by atoms with Gasteiger partial charge in [-0.25, -0.2) is 0 Å². The Bertz CT molecular complexity index is 626. The molecule has 0 saturated carbocycles. The van der Waals surface area contributed by atoms with Crippen molar-refractivity contribution < 1.29 is 9.31 Å². The molecule has 0 saturated heterocycles. The second kappa shape index (κ2) is 4.88. The summed E-state index contributed by atoms with van der Waals surface area (Å²) in [5.74, 6) is 0.953. The first kappa shape index (κ1) is 12.0. The lowest BCUT2D eigenvalue weighted by molar-refractivity contribution is -0.436. The van der Waals surface area contributed by atoms with Gasteiger partial charge in [-0.15, -0.1) is 0 Å². The van der Waals surface area contributed by atoms with Gasteiger partial charge in [-0.3, -0.25) is 0 Å². The summed E-state index contributed by atoms with van der Waals surface area (Å²) in [6.07, 6.45) is 3.25. The maximum atomic E-state index is 5.46. The topological polar surface area (TPSA) is 12.2 Å². The van der Waals surface area contributed by atoms with Crippen LogP contribution in [0.2, 0.25) is 0 Å². The first-order chi connectivity index (χ1) is 9.28. The number of methoxy groups -OCH3 is 1. The minimum Gasteiger partial charge on any atom is -0.496 e. The van der Waals surface area contributed by atoms with Crippen LogP contribution in [0, 0.1) is 6.92 Å². The molecule has 0 spiro atoms. The zero-order valence-corrected chi connectivity index (χ0v) is 11.4. The molecule has 3 rings (SSSR count). The van der Waals surface area contributed by atoms with Crippen LogP contribution in [0.3, 0.4) is 0 Å². The van der Waals surface area contributed by atoms with Gasteiger partial charge < -0.3 is 4.74 Å². The second-order valence-electron chi connectivity index (χ2n) is 4.94. The number of rotatable bonds is 2. The number of ether oxygens (including phenoxy) is 1. The van der Waals surface area contributed by atoms with E-state index in [1.54, 1.807) is 7.11 Å². The van der Waals surface area contributed by atoms with E-state index in [1.165, 1.54) is 22.4 Å². The zero-order chi connectivity index (χ0) is 13.2. The highest BCUT2D eigenvalue weighted by Gasteiger charge is 2.20. The van der Waals surface area contributed by atoms with Gasteiger partial charge in [0, 0.05) is 18.6 Å². The summed E-state index contributed by atoms with van der Waals surface area (Å²) in [5.41, 5.74) is 5.10. The smallest absolute Gasteiger partial charge is 0.205 e. The van der Waals surface area contributed by atoms with Crippen LogP contribution in [-0.4, -0.2) is 24.4 Å². The average Bonchev–Trinajstić information content (AvgIpc) is 2.47. The first-order valence-electron chi connectivity index (χ1n) is 6.62. The van der Waals surface area contributed by atoms with Crippen molar-refractivity contribution >= 4 is 11.9 Å². The van der Waals surface area contributed by atoms with Gasteiger partial charge >= 0.3 is 0 Å². The molecule has 1 aliphatic heterocycles. The van der Waals surface area contributed by atoms with E-state index in [4.69, 9.17) is 4.74 Å². The van der Waals surface area contributed by atoms with Gasteiger partial charge in [-0.1, -0.05) is 29.8 Å². The van der Waals surface area contributed by atoms with Crippen molar-refractivity contribution in [2.45, 2.75) is 13.3 Å². The van der Waals surface area contributed by atoms with Crippen LogP contribution in [0.1, 0.15) is 16.7 Å². The van der Waals surface area contributed by atoms with E-state index in [9.17, 15) is 0 Å². The van der Waals surface area contributed by atoms with Crippen LogP contribution in [0.25, 0.3) is 0 Å². The third kappa shape index (κ3) is 2.26. The van der Waals surface area contributed by atoms with E-state index in [0.717, 1.165) is 18.7 Å². The summed E-state index contributed by atoms with van der Waals surface area (Å²) in [5, 5.41) is 0. The lowest BCUT2D eigenvalue weighted by Crippen LogP contribution is -2.19. The molecule has 1 heterocycles. The summed E-state index contributed by atoms with van der Waals surface area (Å²) >= 11 is 0. The molecule has 0 N–H and O–H groups in total. The van der Waals surface area contributed by atoms with Crippen molar-refractivity contribution in [3.63, 3.8) is 0 Å². The number of fused-ring (bicyclic) bond motifs is 1. The van der Waals surface area contributed by atoms with Crippen molar-refractivity contribution in [3.05, 3.63) is 59.2 Å². The summed E-state index contributed by atoms with van der Waals surface area (Å²) in [4.78, 5) is 0. The van der Waals surface area contributed by atoms with Crippen molar-refractivity contribution in [3.8, 4) is 5.75 Å². The number of hydrogen-bond donors (Lipinski definition) is 0. The minimum atomic E-state index is 0.953. The number of nitrogens with zero attached hydrogens (tertiary/aromatic N) is 1. The maximum Gasteiger partial charge on any atom is 0.205 e. The lowest BCUT2D eigenvalue weighted by atomic mass is 10.0. The fourth-order valence-electron chi connectivity index (χ4n) is 2.53. The van der Waals surface area contributed by atoms with E-state index < -0.39 is 0 Å². The molecule has 19 heavy (non-hydrogen) atoms. The molecule has 2 aromatic carbocycles. The molecule has 0 aliphatic carbocycles. The molecule has 2 nitrogen and oxygen atoms in total. The molecule has 0 fully saturated rings. The summed E-state index contributed by atoms with van der Waals surface area (Å²) in [6.45, 7) is 3.13. The molecule has 96 valence electrons. The van der Waals surface area contributed by atoms with Gasteiger partial charge in [0.1, 0.15) is 5.75 Å². The van der Waals surface area contributed by atoms with E-state index in [-0.39, 0.29) is 0 Å². The Balaban J connectivity index is 2.05. The Kier molecular flexibility index (Phi) is 3.08. The molecule has 2 heteroatoms. The summed E-state index contributed by atoms with van der Waals surface area (Å²) in [7, 11) is 1.73. The van der Waals surface area contributed by atoms with Gasteiger partial charge in [0.2, 0.25) is 5.69 Å². The molecule has 0 aromatic heterocycles. The van der Waals surface area contributed by atoms with Crippen LogP contribution in [0.5, 0.6) is 5.75 Å². The maximum absolute atomic E-state index is 5.46. The lowest BCUT2D eigenvalue weighted by Gasteiger charge is -2.14. The SMILES string of the molecule is COc1cccc2c1C=[N+](c1ccc(C)cc1)CC2. The van der Waals surface area contributed by atoms with Crippen LogP contribution >= 0.6 is 0 Å². The van der Waals surface area contributed by atoms with Gasteiger partial charge in [-0.05, 0) is 18.6 Å². The molecule has 0 atom stereocenters. The largest absolute Gasteiger partial charge is 0.496 e. The Morgan fingerprint density at radius 2 is 1.84 bits per heavy atom. The predicted octanol–water partition coefficient (Wildman–Crippen LogP) is 3.32.